The molecule has 1 fully saturated rings. The number of carbonyl (C=O) groups is 1. The van der Waals surface area contributed by atoms with Gasteiger partial charge in [0.05, 0.1) is 5.56 Å². The number of rotatable bonds is 5. The fourth-order valence-electron chi connectivity index (χ4n) is 3.55. The van der Waals surface area contributed by atoms with Crippen molar-refractivity contribution in [1.82, 2.24) is 19.7 Å². The van der Waals surface area contributed by atoms with Crippen LogP contribution in [0.2, 0.25) is 0 Å². The Kier molecular flexibility index (Phi) is 6.04. The summed E-state index contributed by atoms with van der Waals surface area (Å²) >= 11 is 1.38. The zero-order valence-electron chi connectivity index (χ0n) is 16.9. The number of nitrogens with zero attached hydrogens (tertiary/aromatic N) is 4. The van der Waals surface area contributed by atoms with Crippen molar-refractivity contribution < 1.29 is 18.0 Å². The van der Waals surface area contributed by atoms with Gasteiger partial charge in [-0.1, -0.05) is 30.0 Å². The van der Waals surface area contributed by atoms with Crippen LogP contribution in [0, 0.1) is 6.92 Å². The third-order valence-corrected chi connectivity index (χ3v) is 6.19. The van der Waals surface area contributed by atoms with Crippen LogP contribution in [-0.4, -0.2) is 38.7 Å². The number of alkyl halides is 3. The summed E-state index contributed by atoms with van der Waals surface area (Å²) in [4.78, 5) is 14.3. The molecule has 162 valence electrons. The van der Waals surface area contributed by atoms with E-state index in [-0.39, 0.29) is 5.91 Å². The van der Waals surface area contributed by atoms with Crippen molar-refractivity contribution in [1.29, 1.82) is 0 Å². The molecule has 1 aliphatic heterocycles. The Morgan fingerprint density at radius 3 is 2.45 bits per heavy atom. The number of aryl methyl sites for hydroxylation is 1. The normalized spacial score (nSPS) is 14.3. The molecule has 0 bridgehead atoms. The Hall–Kier alpha value is -2.81. The van der Waals surface area contributed by atoms with Crippen molar-refractivity contribution >= 4 is 17.7 Å². The summed E-state index contributed by atoms with van der Waals surface area (Å²) in [6, 6.07) is 12.6. The highest BCUT2D eigenvalue weighted by Gasteiger charge is 2.31. The van der Waals surface area contributed by atoms with Gasteiger partial charge < -0.3 is 4.90 Å². The van der Waals surface area contributed by atoms with Gasteiger partial charge in [-0.05, 0) is 55.7 Å². The minimum absolute atomic E-state index is 0.0524. The molecule has 0 unspecified atom stereocenters. The van der Waals surface area contributed by atoms with Gasteiger partial charge in [0, 0.05) is 30.1 Å². The maximum absolute atomic E-state index is 13.1. The largest absolute Gasteiger partial charge is 0.416 e. The molecule has 0 spiro atoms. The van der Waals surface area contributed by atoms with Gasteiger partial charge in [0.2, 0.25) is 0 Å². The summed E-state index contributed by atoms with van der Waals surface area (Å²) in [6.45, 7) is 3.32. The van der Waals surface area contributed by atoms with E-state index in [4.69, 9.17) is 0 Å². The molecule has 0 aliphatic carbocycles. The minimum atomic E-state index is -4.42. The van der Waals surface area contributed by atoms with Crippen molar-refractivity contribution in [3.05, 3.63) is 71.0 Å². The summed E-state index contributed by atoms with van der Waals surface area (Å²) < 4.78 is 40.9. The van der Waals surface area contributed by atoms with Crippen molar-refractivity contribution in [3.8, 4) is 5.69 Å². The average Bonchev–Trinajstić information content (AvgIpc) is 3.42. The Balaban J connectivity index is 1.48. The zero-order chi connectivity index (χ0) is 22.0. The van der Waals surface area contributed by atoms with Gasteiger partial charge in [-0.25, -0.2) is 0 Å². The number of carbonyl (C=O) groups excluding carboxylic acids is 1. The van der Waals surface area contributed by atoms with Gasteiger partial charge in [-0.15, -0.1) is 10.2 Å². The van der Waals surface area contributed by atoms with Crippen LogP contribution >= 0.6 is 11.8 Å². The maximum Gasteiger partial charge on any atom is 0.416 e. The van der Waals surface area contributed by atoms with Gasteiger partial charge >= 0.3 is 6.18 Å². The van der Waals surface area contributed by atoms with Gasteiger partial charge in [-0.2, -0.15) is 13.2 Å². The van der Waals surface area contributed by atoms with E-state index in [1.807, 2.05) is 29.2 Å². The van der Waals surface area contributed by atoms with Crippen molar-refractivity contribution in [2.45, 2.75) is 36.9 Å². The lowest BCUT2D eigenvalue weighted by atomic mass is 10.1. The monoisotopic (exact) mass is 446 g/mol. The quantitative estimate of drug-likeness (QED) is 0.511. The Labute approximate surface area is 182 Å². The highest BCUT2D eigenvalue weighted by molar-refractivity contribution is 7.98. The molecule has 2 aromatic carbocycles. The molecule has 0 saturated carbocycles. The fraction of sp³-hybridized carbons (Fsp3) is 0.318. The first-order valence-corrected chi connectivity index (χ1v) is 10.9. The third kappa shape index (κ3) is 4.76. The Bertz CT molecular complexity index is 1070. The van der Waals surface area contributed by atoms with Crippen LogP contribution in [0.15, 0.2) is 53.7 Å². The van der Waals surface area contributed by atoms with Crippen LogP contribution in [0.3, 0.4) is 0 Å². The predicted octanol–water partition coefficient (Wildman–Crippen LogP) is 5.12. The summed E-state index contributed by atoms with van der Waals surface area (Å²) in [7, 11) is 0. The first-order valence-electron chi connectivity index (χ1n) is 9.93. The predicted molar refractivity (Wildman–Crippen MR) is 112 cm³/mol. The number of benzene rings is 2. The minimum Gasteiger partial charge on any atom is -0.339 e. The molecule has 2 heterocycles. The molecular formula is C22H21F3N4OS. The van der Waals surface area contributed by atoms with Crippen molar-refractivity contribution in [2.24, 2.45) is 0 Å². The van der Waals surface area contributed by atoms with Crippen LogP contribution in [0.25, 0.3) is 5.69 Å². The van der Waals surface area contributed by atoms with E-state index >= 15 is 0 Å². The van der Waals surface area contributed by atoms with E-state index < -0.39 is 11.7 Å². The smallest absolute Gasteiger partial charge is 0.339 e. The van der Waals surface area contributed by atoms with E-state index in [9.17, 15) is 18.0 Å². The molecular weight excluding hydrogens is 425 g/mol. The lowest BCUT2D eigenvalue weighted by Crippen LogP contribution is -2.27. The lowest BCUT2D eigenvalue weighted by molar-refractivity contribution is -0.137. The standard InChI is InChI=1S/C22H21F3N4OS/c1-15-26-27-21(29(15)19-6-4-5-18(13-19)22(23,24)25)31-14-16-7-9-17(10-8-16)20(30)28-11-2-3-12-28/h4-10,13H,2-3,11-12,14H2,1H3. The van der Waals surface area contributed by atoms with E-state index in [2.05, 4.69) is 10.2 Å². The number of hydrogen-bond acceptors (Lipinski definition) is 4. The average molecular weight is 446 g/mol. The van der Waals surface area contributed by atoms with Crippen LogP contribution in [0.1, 0.15) is 40.2 Å². The van der Waals surface area contributed by atoms with E-state index in [0.29, 0.717) is 28.0 Å². The topological polar surface area (TPSA) is 51.0 Å². The Morgan fingerprint density at radius 1 is 1.06 bits per heavy atom. The summed E-state index contributed by atoms with van der Waals surface area (Å²) in [5, 5.41) is 8.68. The number of aromatic nitrogens is 3. The van der Waals surface area contributed by atoms with E-state index in [1.54, 1.807) is 17.6 Å². The second-order valence-electron chi connectivity index (χ2n) is 7.40. The van der Waals surface area contributed by atoms with Crippen LogP contribution in [0.4, 0.5) is 13.2 Å². The summed E-state index contributed by atoms with van der Waals surface area (Å²) in [6.07, 6.45) is -2.32. The molecule has 3 aromatic rings. The molecule has 5 nitrogen and oxygen atoms in total. The van der Waals surface area contributed by atoms with Crippen molar-refractivity contribution in [3.63, 3.8) is 0 Å². The molecule has 1 aromatic heterocycles. The molecule has 1 saturated heterocycles. The van der Waals surface area contributed by atoms with Crippen LogP contribution in [0.5, 0.6) is 0 Å². The molecule has 31 heavy (non-hydrogen) atoms. The van der Waals surface area contributed by atoms with Crippen LogP contribution < -0.4 is 0 Å². The third-order valence-electron chi connectivity index (χ3n) is 5.19. The highest BCUT2D eigenvalue weighted by Crippen LogP contribution is 2.32. The van der Waals surface area contributed by atoms with E-state index in [1.165, 1.54) is 17.8 Å². The number of halogens is 3. The summed E-state index contributed by atoms with van der Waals surface area (Å²) in [5.41, 5.74) is 1.30. The molecule has 1 amide bonds. The van der Waals surface area contributed by atoms with Crippen LogP contribution in [-0.2, 0) is 11.9 Å². The number of hydrogen-bond donors (Lipinski definition) is 0. The molecule has 0 atom stereocenters. The lowest BCUT2D eigenvalue weighted by Gasteiger charge is -2.15. The zero-order valence-corrected chi connectivity index (χ0v) is 17.7. The maximum atomic E-state index is 13.1. The fourth-order valence-corrected chi connectivity index (χ4v) is 4.50. The first-order chi connectivity index (χ1) is 14.8. The molecule has 4 rings (SSSR count). The van der Waals surface area contributed by atoms with Gasteiger partial charge in [0.1, 0.15) is 5.82 Å². The number of amides is 1. The van der Waals surface area contributed by atoms with E-state index in [0.717, 1.165) is 43.6 Å². The molecule has 0 radical (unpaired) electrons. The molecule has 0 N–H and O–H groups in total. The second kappa shape index (κ2) is 8.74. The molecule has 9 heteroatoms. The SMILES string of the molecule is Cc1nnc(SCc2ccc(C(=O)N3CCCC3)cc2)n1-c1cccc(C(F)(F)F)c1. The first kappa shape index (κ1) is 21.4. The number of thioether (sulfide) groups is 1. The Morgan fingerprint density at radius 2 is 1.77 bits per heavy atom. The van der Waals surface area contributed by atoms with Gasteiger partial charge in [-0.3, -0.25) is 9.36 Å². The van der Waals surface area contributed by atoms with Gasteiger partial charge in [0.15, 0.2) is 5.16 Å². The van der Waals surface area contributed by atoms with Gasteiger partial charge in [0.25, 0.3) is 5.91 Å². The van der Waals surface area contributed by atoms with Crippen molar-refractivity contribution in [2.75, 3.05) is 13.1 Å². The second-order valence-corrected chi connectivity index (χ2v) is 8.34. The summed E-state index contributed by atoms with van der Waals surface area (Å²) in [5.74, 6) is 1.11. The molecule has 1 aliphatic rings. The number of likely N-dealkylation sites (tertiary alicyclic amines) is 1. The highest BCUT2D eigenvalue weighted by atomic mass is 32.2.